The highest BCUT2D eigenvalue weighted by molar-refractivity contribution is 6.31. The fraction of sp³-hybridized carbons (Fsp3) is 0.471. The number of benzene rings is 1. The fourth-order valence-corrected chi connectivity index (χ4v) is 2.58. The molecule has 1 saturated heterocycles. The predicted molar refractivity (Wildman–Crippen MR) is 91.8 cm³/mol. The molecule has 2 rings (SSSR count). The quantitative estimate of drug-likeness (QED) is 0.804. The number of nitrogens with one attached hydrogen (secondary N) is 1. The number of amides is 2. The van der Waals surface area contributed by atoms with Crippen LogP contribution in [0.1, 0.15) is 32.8 Å². The summed E-state index contributed by atoms with van der Waals surface area (Å²) < 4.78 is 0. The van der Waals surface area contributed by atoms with E-state index in [4.69, 9.17) is 21.5 Å². The van der Waals surface area contributed by atoms with Gasteiger partial charge in [0.05, 0.1) is 25.0 Å². The SMILES string of the molecule is CC(CC(=O)O)C(=O)Nc1ccc(CN2OCC(C)(C)C2=O)c(Cl)c1. The Bertz CT molecular complexity index is 704. The van der Waals surface area contributed by atoms with Crippen LogP contribution in [0.5, 0.6) is 0 Å². The van der Waals surface area contributed by atoms with Crippen LogP contribution >= 0.6 is 11.6 Å². The molecule has 25 heavy (non-hydrogen) atoms. The fourth-order valence-electron chi connectivity index (χ4n) is 2.34. The molecule has 1 aromatic carbocycles. The first-order valence-electron chi connectivity index (χ1n) is 7.86. The molecule has 1 aromatic rings. The Labute approximate surface area is 150 Å². The number of anilines is 1. The molecule has 0 aliphatic carbocycles. The highest BCUT2D eigenvalue weighted by Gasteiger charge is 2.40. The molecule has 1 unspecified atom stereocenters. The molecule has 1 aliphatic heterocycles. The molecule has 1 fully saturated rings. The van der Waals surface area contributed by atoms with Gasteiger partial charge in [-0.15, -0.1) is 0 Å². The Kier molecular flexibility index (Phi) is 5.69. The van der Waals surface area contributed by atoms with Crippen LogP contribution in [0.3, 0.4) is 0 Å². The first kappa shape index (κ1) is 19.2. The van der Waals surface area contributed by atoms with Crippen molar-refractivity contribution in [3.63, 3.8) is 0 Å². The van der Waals surface area contributed by atoms with Crippen LogP contribution in [0, 0.1) is 11.3 Å². The zero-order valence-corrected chi connectivity index (χ0v) is 15.1. The first-order chi connectivity index (χ1) is 11.6. The van der Waals surface area contributed by atoms with Gasteiger partial charge >= 0.3 is 5.97 Å². The van der Waals surface area contributed by atoms with E-state index in [1.54, 1.807) is 18.2 Å². The van der Waals surface area contributed by atoms with Crippen molar-refractivity contribution >= 4 is 35.1 Å². The number of hydrogen-bond acceptors (Lipinski definition) is 4. The Hall–Kier alpha value is -2.12. The van der Waals surface area contributed by atoms with E-state index in [0.717, 1.165) is 0 Å². The number of hydrogen-bond donors (Lipinski definition) is 2. The number of carbonyl (C=O) groups excluding carboxylic acids is 2. The van der Waals surface area contributed by atoms with Crippen molar-refractivity contribution in [2.75, 3.05) is 11.9 Å². The van der Waals surface area contributed by atoms with Crippen molar-refractivity contribution in [3.8, 4) is 0 Å². The Morgan fingerprint density at radius 1 is 1.44 bits per heavy atom. The predicted octanol–water partition coefficient (Wildman–Crippen LogP) is 2.69. The average Bonchev–Trinajstić information content (AvgIpc) is 2.76. The summed E-state index contributed by atoms with van der Waals surface area (Å²) in [5.41, 5.74) is 0.593. The molecule has 1 heterocycles. The summed E-state index contributed by atoms with van der Waals surface area (Å²) in [5, 5.41) is 13.0. The topological polar surface area (TPSA) is 95.9 Å². The number of nitrogens with zero attached hydrogens (tertiary/aromatic N) is 1. The van der Waals surface area contributed by atoms with Crippen molar-refractivity contribution in [1.82, 2.24) is 5.06 Å². The van der Waals surface area contributed by atoms with Gasteiger partial charge in [-0.3, -0.25) is 19.2 Å². The largest absolute Gasteiger partial charge is 0.481 e. The van der Waals surface area contributed by atoms with Crippen molar-refractivity contribution < 1.29 is 24.3 Å². The van der Waals surface area contributed by atoms with E-state index in [-0.39, 0.29) is 18.9 Å². The van der Waals surface area contributed by atoms with Gasteiger partial charge in [0.15, 0.2) is 0 Å². The average molecular weight is 369 g/mol. The Balaban J connectivity index is 2.02. The molecule has 1 atom stereocenters. The number of carboxylic acid groups (broad SMARTS) is 1. The van der Waals surface area contributed by atoms with Crippen LogP contribution in [0.25, 0.3) is 0 Å². The second-order valence-corrected chi connectivity index (χ2v) is 7.20. The van der Waals surface area contributed by atoms with Crippen LogP contribution < -0.4 is 5.32 Å². The van der Waals surface area contributed by atoms with Gasteiger partial charge in [-0.1, -0.05) is 24.6 Å². The number of halogens is 1. The van der Waals surface area contributed by atoms with Crippen LogP contribution in [-0.4, -0.2) is 34.6 Å². The van der Waals surface area contributed by atoms with E-state index in [1.807, 2.05) is 13.8 Å². The highest BCUT2D eigenvalue weighted by atomic mass is 35.5. The molecule has 0 saturated carbocycles. The summed E-state index contributed by atoms with van der Waals surface area (Å²) in [6, 6.07) is 4.91. The van der Waals surface area contributed by atoms with Crippen molar-refractivity contribution in [2.45, 2.75) is 33.7 Å². The molecule has 1 aliphatic rings. The zero-order chi connectivity index (χ0) is 18.8. The standard InChI is InChI=1S/C17H21ClN2O5/c1-10(6-14(21)22)15(23)19-12-5-4-11(13(18)7-12)8-20-16(24)17(2,3)9-25-20/h4-5,7,10H,6,8-9H2,1-3H3,(H,19,23)(H,21,22). The monoisotopic (exact) mass is 368 g/mol. The minimum Gasteiger partial charge on any atom is -0.481 e. The smallest absolute Gasteiger partial charge is 0.304 e. The van der Waals surface area contributed by atoms with E-state index in [1.165, 1.54) is 12.0 Å². The third-order valence-electron chi connectivity index (χ3n) is 3.95. The van der Waals surface area contributed by atoms with Gasteiger partial charge in [0.25, 0.3) is 5.91 Å². The third kappa shape index (κ3) is 4.70. The van der Waals surface area contributed by atoms with Crippen molar-refractivity contribution in [3.05, 3.63) is 28.8 Å². The van der Waals surface area contributed by atoms with E-state index in [9.17, 15) is 14.4 Å². The second-order valence-electron chi connectivity index (χ2n) is 6.79. The van der Waals surface area contributed by atoms with Gasteiger partial charge in [0.2, 0.25) is 5.91 Å². The van der Waals surface area contributed by atoms with Crippen LogP contribution in [0.15, 0.2) is 18.2 Å². The number of aliphatic carboxylic acids is 1. The van der Waals surface area contributed by atoms with Gasteiger partial charge < -0.3 is 10.4 Å². The van der Waals surface area contributed by atoms with E-state index in [2.05, 4.69) is 5.32 Å². The molecule has 0 spiro atoms. The molecular formula is C17H21ClN2O5. The van der Waals surface area contributed by atoms with E-state index < -0.39 is 23.2 Å². The molecule has 7 nitrogen and oxygen atoms in total. The summed E-state index contributed by atoms with van der Waals surface area (Å²) in [6.45, 7) is 5.70. The summed E-state index contributed by atoms with van der Waals surface area (Å²) in [6.07, 6.45) is -0.248. The number of carboxylic acids is 1. The summed E-state index contributed by atoms with van der Waals surface area (Å²) in [4.78, 5) is 40.2. The lowest BCUT2D eigenvalue weighted by atomic mass is 9.95. The minimum atomic E-state index is -1.03. The van der Waals surface area contributed by atoms with Gasteiger partial charge in [0.1, 0.15) is 0 Å². The number of hydroxylamine groups is 2. The molecule has 0 aromatic heterocycles. The third-order valence-corrected chi connectivity index (χ3v) is 4.30. The normalized spacial score (nSPS) is 17.4. The van der Waals surface area contributed by atoms with Crippen LogP contribution in [0.2, 0.25) is 5.02 Å². The minimum absolute atomic E-state index is 0.108. The molecule has 0 radical (unpaired) electrons. The molecule has 136 valence electrons. The maximum Gasteiger partial charge on any atom is 0.304 e. The lowest BCUT2D eigenvalue weighted by Crippen LogP contribution is -2.30. The van der Waals surface area contributed by atoms with Gasteiger partial charge in [-0.25, -0.2) is 5.06 Å². The molecule has 0 bridgehead atoms. The van der Waals surface area contributed by atoms with Gasteiger partial charge in [-0.05, 0) is 31.5 Å². The summed E-state index contributed by atoms with van der Waals surface area (Å²) >= 11 is 6.24. The van der Waals surface area contributed by atoms with E-state index in [0.29, 0.717) is 22.9 Å². The zero-order valence-electron chi connectivity index (χ0n) is 14.3. The maximum absolute atomic E-state index is 12.2. The molecular weight excluding hydrogens is 348 g/mol. The molecule has 2 N–H and O–H groups in total. The molecule has 8 heteroatoms. The Morgan fingerprint density at radius 3 is 2.64 bits per heavy atom. The Morgan fingerprint density at radius 2 is 2.12 bits per heavy atom. The summed E-state index contributed by atoms with van der Waals surface area (Å²) in [7, 11) is 0. The number of rotatable bonds is 6. The number of carbonyl (C=O) groups is 3. The lowest BCUT2D eigenvalue weighted by molar-refractivity contribution is -0.165. The van der Waals surface area contributed by atoms with Crippen molar-refractivity contribution in [1.29, 1.82) is 0 Å². The van der Waals surface area contributed by atoms with Crippen LogP contribution in [-0.2, 0) is 25.8 Å². The van der Waals surface area contributed by atoms with Crippen molar-refractivity contribution in [2.24, 2.45) is 11.3 Å². The summed E-state index contributed by atoms with van der Waals surface area (Å²) in [5.74, 6) is -2.20. The maximum atomic E-state index is 12.2. The van der Waals surface area contributed by atoms with Gasteiger partial charge in [0, 0.05) is 16.6 Å². The lowest BCUT2D eigenvalue weighted by Gasteiger charge is -2.18. The first-order valence-corrected chi connectivity index (χ1v) is 8.24. The van der Waals surface area contributed by atoms with E-state index >= 15 is 0 Å². The highest BCUT2D eigenvalue weighted by Crippen LogP contribution is 2.30. The molecule has 2 amide bonds. The van der Waals surface area contributed by atoms with Crippen LogP contribution in [0.4, 0.5) is 5.69 Å². The second kappa shape index (κ2) is 7.41. The van der Waals surface area contributed by atoms with Gasteiger partial charge in [-0.2, -0.15) is 0 Å².